The fraction of sp³-hybridized carbons (Fsp3) is 0.0141. The molecule has 0 saturated carbocycles. The van der Waals surface area contributed by atoms with Gasteiger partial charge in [0.05, 0.1) is 0 Å². The Bertz CT molecular complexity index is 3590. The summed E-state index contributed by atoms with van der Waals surface area (Å²) in [4.78, 5) is 21.9. The Morgan fingerprint density at radius 3 is 0.615 bits per heavy atom. The first-order chi connectivity index (χ1) is 38.6. The summed E-state index contributed by atoms with van der Waals surface area (Å²) in [6.07, 6.45) is 3.76. The molecule has 0 atom stereocenters. The molecule has 0 amide bonds. The summed E-state index contributed by atoms with van der Waals surface area (Å²) < 4.78 is 0. The van der Waals surface area contributed by atoms with Crippen LogP contribution in [0.25, 0.3) is 11.1 Å². The SMILES string of the molecule is Cc1ccc(N(c2ccc(N(c3ccccc3)c3ccccc3)cc2)c2ncccc2-c2cccnc2N(c2ccc(N(c3ccccc3)c3ccccc3)cc2)c2ccc(N(c3ccccc3)c3ccccc3)cc2)cc1. The van der Waals surface area contributed by atoms with Crippen molar-refractivity contribution in [1.29, 1.82) is 0 Å². The lowest BCUT2D eigenvalue weighted by atomic mass is 10.0. The minimum absolute atomic E-state index is 0.749. The molecular formula is C71H55N7. The second-order valence-electron chi connectivity index (χ2n) is 18.8. The summed E-state index contributed by atoms with van der Waals surface area (Å²) in [5.74, 6) is 1.51. The molecule has 2 aromatic heterocycles. The summed E-state index contributed by atoms with van der Waals surface area (Å²) >= 11 is 0. The van der Waals surface area contributed by atoms with Crippen LogP contribution in [-0.4, -0.2) is 9.97 Å². The van der Waals surface area contributed by atoms with E-state index in [-0.39, 0.29) is 0 Å². The average Bonchev–Trinajstić information content (AvgIpc) is 3.59. The van der Waals surface area contributed by atoms with Gasteiger partial charge in [-0.15, -0.1) is 0 Å². The zero-order valence-electron chi connectivity index (χ0n) is 43.2. The number of aromatic nitrogens is 2. The van der Waals surface area contributed by atoms with Gasteiger partial charge in [0.2, 0.25) is 0 Å². The van der Waals surface area contributed by atoms with Crippen LogP contribution in [0, 0.1) is 6.92 Å². The molecule has 12 aromatic rings. The maximum Gasteiger partial charge on any atom is 0.145 e. The number of hydrogen-bond donors (Lipinski definition) is 0. The molecule has 10 aromatic carbocycles. The number of aryl methyl sites for hydroxylation is 1. The maximum absolute atomic E-state index is 5.31. The van der Waals surface area contributed by atoms with Gasteiger partial charge in [0.15, 0.2) is 0 Å². The average molecular weight is 1010 g/mol. The molecule has 0 unspecified atom stereocenters. The Hall–Kier alpha value is -10.5. The van der Waals surface area contributed by atoms with Crippen molar-refractivity contribution in [2.24, 2.45) is 0 Å². The summed E-state index contributed by atoms with van der Waals surface area (Å²) in [5.41, 5.74) is 16.3. The smallest absolute Gasteiger partial charge is 0.145 e. The van der Waals surface area contributed by atoms with Crippen molar-refractivity contribution in [3.8, 4) is 11.1 Å². The first kappa shape index (κ1) is 48.4. The molecule has 12 rings (SSSR count). The first-order valence-corrected chi connectivity index (χ1v) is 26.2. The largest absolute Gasteiger partial charge is 0.311 e. The van der Waals surface area contributed by atoms with Gasteiger partial charge in [-0.2, -0.15) is 0 Å². The zero-order chi connectivity index (χ0) is 52.5. The highest BCUT2D eigenvalue weighted by Crippen LogP contribution is 2.47. The minimum Gasteiger partial charge on any atom is -0.311 e. The number of hydrogen-bond acceptors (Lipinski definition) is 7. The molecule has 2 heterocycles. The van der Waals surface area contributed by atoms with Crippen molar-refractivity contribution in [2.75, 3.05) is 24.5 Å². The highest BCUT2D eigenvalue weighted by atomic mass is 15.2. The third kappa shape index (κ3) is 10.2. The molecule has 7 nitrogen and oxygen atoms in total. The molecule has 0 fully saturated rings. The summed E-state index contributed by atoms with van der Waals surface area (Å²) in [5, 5.41) is 0. The van der Waals surface area contributed by atoms with Crippen LogP contribution in [-0.2, 0) is 0 Å². The van der Waals surface area contributed by atoms with Crippen molar-refractivity contribution in [1.82, 2.24) is 9.97 Å². The molecule has 7 heteroatoms. The van der Waals surface area contributed by atoms with Gasteiger partial charge in [0.25, 0.3) is 0 Å². The molecule has 0 aliphatic heterocycles. The van der Waals surface area contributed by atoms with Crippen LogP contribution < -0.4 is 24.5 Å². The predicted octanol–water partition coefficient (Wildman–Crippen LogP) is 19.8. The first-order valence-electron chi connectivity index (χ1n) is 26.2. The number of nitrogens with zero attached hydrogens (tertiary/aromatic N) is 7. The van der Waals surface area contributed by atoms with E-state index >= 15 is 0 Å². The van der Waals surface area contributed by atoms with Gasteiger partial charge in [-0.25, -0.2) is 9.97 Å². The molecule has 0 radical (unpaired) electrons. The van der Waals surface area contributed by atoms with Gasteiger partial charge in [-0.3, -0.25) is 9.80 Å². The fourth-order valence-electron chi connectivity index (χ4n) is 10.1. The third-order valence-electron chi connectivity index (χ3n) is 13.8. The Morgan fingerprint density at radius 1 is 0.192 bits per heavy atom. The van der Waals surface area contributed by atoms with Gasteiger partial charge in [-0.1, -0.05) is 127 Å². The van der Waals surface area contributed by atoms with Crippen molar-refractivity contribution >= 4 is 85.6 Å². The number of benzene rings is 10. The molecule has 0 bridgehead atoms. The van der Waals surface area contributed by atoms with Gasteiger partial charge < -0.3 is 14.7 Å². The molecule has 0 saturated heterocycles. The van der Waals surface area contributed by atoms with E-state index in [1.165, 1.54) is 5.56 Å². The van der Waals surface area contributed by atoms with Crippen LogP contribution in [0.3, 0.4) is 0 Å². The summed E-state index contributed by atoms with van der Waals surface area (Å²) in [6, 6.07) is 106. The second kappa shape index (κ2) is 22.5. The van der Waals surface area contributed by atoms with E-state index in [1.807, 2.05) is 24.5 Å². The van der Waals surface area contributed by atoms with E-state index in [9.17, 15) is 0 Å². The molecule has 0 spiro atoms. The monoisotopic (exact) mass is 1010 g/mol. The highest BCUT2D eigenvalue weighted by molar-refractivity contribution is 5.94. The Morgan fingerprint density at radius 2 is 0.385 bits per heavy atom. The highest BCUT2D eigenvalue weighted by Gasteiger charge is 2.26. The predicted molar refractivity (Wildman–Crippen MR) is 326 cm³/mol. The zero-order valence-corrected chi connectivity index (χ0v) is 43.2. The van der Waals surface area contributed by atoms with Crippen LogP contribution in [0.15, 0.2) is 316 Å². The van der Waals surface area contributed by atoms with Crippen LogP contribution >= 0.6 is 0 Å². The lowest BCUT2D eigenvalue weighted by Gasteiger charge is -2.31. The molecule has 0 aliphatic carbocycles. The lowest BCUT2D eigenvalue weighted by Crippen LogP contribution is -2.16. The number of para-hydroxylation sites is 6. The van der Waals surface area contributed by atoms with Crippen LogP contribution in [0.2, 0.25) is 0 Å². The van der Waals surface area contributed by atoms with Gasteiger partial charge >= 0.3 is 0 Å². The number of rotatable bonds is 16. The van der Waals surface area contributed by atoms with Gasteiger partial charge in [0, 0.05) is 97.5 Å². The Labute approximate surface area is 457 Å². The Balaban J connectivity index is 0.997. The van der Waals surface area contributed by atoms with E-state index in [0.29, 0.717) is 0 Å². The van der Waals surface area contributed by atoms with Crippen LogP contribution in [0.5, 0.6) is 0 Å². The van der Waals surface area contributed by atoms with E-state index < -0.39 is 0 Å². The quantitative estimate of drug-likeness (QED) is 0.0955. The van der Waals surface area contributed by atoms with E-state index in [0.717, 1.165) is 96.7 Å². The second-order valence-corrected chi connectivity index (χ2v) is 18.8. The minimum atomic E-state index is 0.749. The summed E-state index contributed by atoms with van der Waals surface area (Å²) in [6.45, 7) is 2.12. The molecular weight excluding hydrogens is 951 g/mol. The van der Waals surface area contributed by atoms with Crippen LogP contribution in [0.1, 0.15) is 5.56 Å². The van der Waals surface area contributed by atoms with Crippen LogP contribution in [0.4, 0.5) is 85.6 Å². The third-order valence-corrected chi connectivity index (χ3v) is 13.8. The molecule has 0 aliphatic rings. The van der Waals surface area contributed by atoms with Crippen molar-refractivity contribution in [2.45, 2.75) is 6.92 Å². The Kier molecular flexibility index (Phi) is 14.0. The van der Waals surface area contributed by atoms with E-state index in [2.05, 4.69) is 323 Å². The van der Waals surface area contributed by atoms with Gasteiger partial charge in [0.1, 0.15) is 11.6 Å². The molecule has 78 heavy (non-hydrogen) atoms. The van der Waals surface area contributed by atoms with E-state index in [4.69, 9.17) is 9.97 Å². The lowest BCUT2D eigenvalue weighted by molar-refractivity contribution is 1.15. The molecule has 374 valence electrons. The number of anilines is 15. The van der Waals surface area contributed by atoms with Crippen molar-refractivity contribution in [3.63, 3.8) is 0 Å². The summed E-state index contributed by atoms with van der Waals surface area (Å²) in [7, 11) is 0. The van der Waals surface area contributed by atoms with E-state index in [1.54, 1.807) is 0 Å². The van der Waals surface area contributed by atoms with Crippen molar-refractivity contribution in [3.05, 3.63) is 321 Å². The standard InChI is InChI=1S/C71H55N7/c1-54-36-38-64(39-37-54)77(65-46-40-61(41-47-65)74(55-22-8-2-9-23-55)56-24-10-3-11-25-56)70-68(34-20-52-72-70)69-35-21-53-73-71(69)78(66-48-42-62(43-49-66)75(57-26-12-4-13-27-57)58-28-14-5-15-29-58)67-50-44-63(45-51-67)76(59-30-16-6-17-31-59)60-32-18-7-19-33-60/h2-53H,1H3. The van der Waals surface area contributed by atoms with Crippen molar-refractivity contribution < 1.29 is 0 Å². The normalized spacial score (nSPS) is 10.9. The number of pyridine rings is 2. The van der Waals surface area contributed by atoms with Gasteiger partial charge in [-0.05, 0) is 189 Å². The maximum atomic E-state index is 5.31. The topological polar surface area (TPSA) is 42.0 Å². The fourth-order valence-corrected chi connectivity index (χ4v) is 10.1. The molecule has 0 N–H and O–H groups in total.